The number of carbonyl (C=O) groups excluding carboxylic acids is 1. The first-order valence-corrected chi connectivity index (χ1v) is 8.43. The molecule has 0 bridgehead atoms. The molecule has 0 radical (unpaired) electrons. The van der Waals surface area contributed by atoms with Crippen molar-refractivity contribution in [1.29, 1.82) is 0 Å². The number of aryl methyl sites for hydroxylation is 1. The van der Waals surface area contributed by atoms with E-state index in [4.69, 9.17) is 0 Å². The van der Waals surface area contributed by atoms with E-state index < -0.39 is 0 Å². The minimum absolute atomic E-state index is 0.128. The molecule has 2 aromatic carbocycles. The van der Waals surface area contributed by atoms with Crippen LogP contribution in [0.2, 0.25) is 0 Å². The number of benzene rings is 2. The minimum atomic E-state index is -0.315. The maximum absolute atomic E-state index is 13.7. The quantitative estimate of drug-likeness (QED) is 0.767. The van der Waals surface area contributed by atoms with Crippen LogP contribution in [-0.4, -0.2) is 21.5 Å². The molecule has 0 aliphatic rings. The van der Waals surface area contributed by atoms with Crippen LogP contribution in [0.5, 0.6) is 0 Å². The van der Waals surface area contributed by atoms with Crippen LogP contribution >= 0.6 is 0 Å². The standard InChI is InChI=1S/C20H20FN3O2/c1-13-6-5-8-16-19(13)22-12-24(20(16)26)11-18(25)23-14(2)10-15-7-3-4-9-17(15)21/h3-9,12,14H,10-11H2,1-2H3,(H,23,25). The van der Waals surface area contributed by atoms with E-state index in [2.05, 4.69) is 10.3 Å². The summed E-state index contributed by atoms with van der Waals surface area (Å²) in [5, 5.41) is 3.28. The molecule has 3 rings (SSSR count). The van der Waals surface area contributed by atoms with Gasteiger partial charge in [-0.3, -0.25) is 14.2 Å². The van der Waals surface area contributed by atoms with Crippen LogP contribution in [0.3, 0.4) is 0 Å². The van der Waals surface area contributed by atoms with E-state index in [1.165, 1.54) is 17.0 Å². The van der Waals surface area contributed by atoms with Crippen LogP contribution in [0.25, 0.3) is 10.9 Å². The van der Waals surface area contributed by atoms with Crippen molar-refractivity contribution < 1.29 is 9.18 Å². The Kier molecular flexibility index (Phi) is 5.11. The predicted octanol–water partition coefficient (Wildman–Crippen LogP) is 2.59. The van der Waals surface area contributed by atoms with E-state index in [0.29, 0.717) is 22.9 Å². The van der Waals surface area contributed by atoms with Crippen LogP contribution in [0, 0.1) is 12.7 Å². The molecule has 26 heavy (non-hydrogen) atoms. The van der Waals surface area contributed by atoms with Gasteiger partial charge in [0, 0.05) is 6.04 Å². The van der Waals surface area contributed by atoms with E-state index in [1.54, 1.807) is 37.3 Å². The number of rotatable bonds is 5. The third kappa shape index (κ3) is 3.79. The number of carbonyl (C=O) groups is 1. The second-order valence-corrected chi connectivity index (χ2v) is 6.41. The highest BCUT2D eigenvalue weighted by atomic mass is 19.1. The number of nitrogens with one attached hydrogen (secondary N) is 1. The van der Waals surface area contributed by atoms with Gasteiger partial charge in [0.2, 0.25) is 5.91 Å². The fourth-order valence-corrected chi connectivity index (χ4v) is 2.97. The number of nitrogens with zero attached hydrogens (tertiary/aromatic N) is 2. The number of para-hydroxylation sites is 1. The van der Waals surface area contributed by atoms with Gasteiger partial charge in [0.15, 0.2) is 0 Å². The van der Waals surface area contributed by atoms with E-state index in [0.717, 1.165) is 5.56 Å². The first-order chi connectivity index (χ1) is 12.5. The van der Waals surface area contributed by atoms with Crippen LogP contribution in [-0.2, 0) is 17.8 Å². The first-order valence-electron chi connectivity index (χ1n) is 8.43. The van der Waals surface area contributed by atoms with Crippen molar-refractivity contribution in [2.45, 2.75) is 32.9 Å². The van der Waals surface area contributed by atoms with Crippen molar-refractivity contribution in [3.63, 3.8) is 0 Å². The van der Waals surface area contributed by atoms with Crippen LogP contribution in [0.4, 0.5) is 4.39 Å². The third-order valence-electron chi connectivity index (χ3n) is 4.26. The highest BCUT2D eigenvalue weighted by Gasteiger charge is 2.13. The number of hydrogen-bond acceptors (Lipinski definition) is 3. The summed E-state index contributed by atoms with van der Waals surface area (Å²) >= 11 is 0. The molecular weight excluding hydrogens is 333 g/mol. The lowest BCUT2D eigenvalue weighted by Crippen LogP contribution is -2.38. The molecule has 0 saturated carbocycles. The summed E-state index contributed by atoms with van der Waals surface area (Å²) in [5.41, 5.74) is 1.84. The van der Waals surface area contributed by atoms with Crippen molar-refractivity contribution in [3.8, 4) is 0 Å². The maximum Gasteiger partial charge on any atom is 0.261 e. The zero-order valence-corrected chi connectivity index (χ0v) is 14.7. The second-order valence-electron chi connectivity index (χ2n) is 6.41. The summed E-state index contributed by atoms with van der Waals surface area (Å²) in [6.45, 7) is 3.56. The fourth-order valence-electron chi connectivity index (χ4n) is 2.97. The monoisotopic (exact) mass is 353 g/mol. The highest BCUT2D eigenvalue weighted by molar-refractivity contribution is 5.81. The van der Waals surface area contributed by atoms with Crippen LogP contribution in [0.15, 0.2) is 53.6 Å². The van der Waals surface area contributed by atoms with Gasteiger partial charge < -0.3 is 5.32 Å². The van der Waals surface area contributed by atoms with Crippen molar-refractivity contribution in [2.24, 2.45) is 0 Å². The van der Waals surface area contributed by atoms with Gasteiger partial charge in [-0.05, 0) is 43.5 Å². The van der Waals surface area contributed by atoms with Crippen LogP contribution in [0.1, 0.15) is 18.1 Å². The van der Waals surface area contributed by atoms with Crippen LogP contribution < -0.4 is 10.9 Å². The summed E-state index contributed by atoms with van der Waals surface area (Å²) < 4.78 is 15.0. The van der Waals surface area contributed by atoms with E-state index in [9.17, 15) is 14.0 Å². The first kappa shape index (κ1) is 17.8. The lowest BCUT2D eigenvalue weighted by Gasteiger charge is -2.15. The van der Waals surface area contributed by atoms with Gasteiger partial charge in [0.1, 0.15) is 12.4 Å². The Hall–Kier alpha value is -3.02. The molecular formula is C20H20FN3O2. The van der Waals surface area contributed by atoms with Gasteiger partial charge in [0.25, 0.3) is 5.56 Å². The Balaban J connectivity index is 1.70. The second kappa shape index (κ2) is 7.47. The molecule has 1 N–H and O–H groups in total. The van der Waals surface area contributed by atoms with E-state index in [1.807, 2.05) is 13.0 Å². The van der Waals surface area contributed by atoms with Crippen molar-refractivity contribution in [1.82, 2.24) is 14.9 Å². The number of amides is 1. The molecule has 3 aromatic rings. The molecule has 0 saturated heterocycles. The topological polar surface area (TPSA) is 64.0 Å². The van der Waals surface area contributed by atoms with Crippen molar-refractivity contribution in [2.75, 3.05) is 0 Å². The van der Waals surface area contributed by atoms with Gasteiger partial charge >= 0.3 is 0 Å². The molecule has 1 unspecified atom stereocenters. The van der Waals surface area contributed by atoms with Gasteiger partial charge in [0.05, 0.1) is 17.2 Å². The zero-order valence-electron chi connectivity index (χ0n) is 14.7. The Morgan fingerprint density at radius 1 is 1.23 bits per heavy atom. The van der Waals surface area contributed by atoms with E-state index >= 15 is 0 Å². The third-order valence-corrected chi connectivity index (χ3v) is 4.26. The number of aromatic nitrogens is 2. The van der Waals surface area contributed by atoms with Gasteiger partial charge in [-0.2, -0.15) is 0 Å². The summed E-state index contributed by atoms with van der Waals surface area (Å²) in [5.74, 6) is -0.608. The molecule has 0 spiro atoms. The highest BCUT2D eigenvalue weighted by Crippen LogP contribution is 2.11. The van der Waals surface area contributed by atoms with Crippen molar-refractivity contribution >= 4 is 16.8 Å². The Morgan fingerprint density at radius 3 is 2.77 bits per heavy atom. The van der Waals surface area contributed by atoms with Crippen molar-refractivity contribution in [3.05, 3.63) is 76.1 Å². The molecule has 6 heteroatoms. The SMILES string of the molecule is Cc1cccc2c(=O)n(CC(=O)NC(C)Cc3ccccc3F)cnc12. The van der Waals surface area contributed by atoms with E-state index in [-0.39, 0.29) is 29.9 Å². The fraction of sp³-hybridized carbons (Fsp3) is 0.250. The lowest BCUT2D eigenvalue weighted by molar-refractivity contribution is -0.122. The molecule has 0 aliphatic heterocycles. The molecule has 1 atom stereocenters. The number of fused-ring (bicyclic) bond motifs is 1. The summed E-state index contributed by atoms with van der Waals surface area (Å²) in [4.78, 5) is 29.1. The Morgan fingerprint density at radius 2 is 2.00 bits per heavy atom. The summed E-state index contributed by atoms with van der Waals surface area (Å²) in [7, 11) is 0. The lowest BCUT2D eigenvalue weighted by atomic mass is 10.1. The molecule has 1 aromatic heterocycles. The van der Waals surface area contributed by atoms with Gasteiger partial charge in [-0.15, -0.1) is 0 Å². The predicted molar refractivity (Wildman–Crippen MR) is 98.4 cm³/mol. The summed E-state index contributed by atoms with van der Waals surface area (Å²) in [6.07, 6.45) is 1.77. The normalized spacial score (nSPS) is 12.1. The molecule has 134 valence electrons. The molecule has 1 heterocycles. The molecule has 1 amide bonds. The molecule has 5 nitrogen and oxygen atoms in total. The Bertz CT molecular complexity index is 1010. The average molecular weight is 353 g/mol. The number of hydrogen-bond donors (Lipinski definition) is 1. The van der Waals surface area contributed by atoms with Gasteiger partial charge in [-0.25, -0.2) is 9.37 Å². The minimum Gasteiger partial charge on any atom is -0.352 e. The smallest absolute Gasteiger partial charge is 0.261 e. The Labute approximate surface area is 150 Å². The largest absolute Gasteiger partial charge is 0.352 e. The molecule has 0 aliphatic carbocycles. The number of halogens is 1. The summed E-state index contributed by atoms with van der Waals surface area (Å²) in [6, 6.07) is 11.6. The van der Waals surface area contributed by atoms with Gasteiger partial charge in [-0.1, -0.05) is 30.3 Å². The molecule has 0 fully saturated rings. The average Bonchev–Trinajstić information content (AvgIpc) is 2.60. The maximum atomic E-state index is 13.7. The zero-order chi connectivity index (χ0) is 18.7.